The minimum atomic E-state index is -0.569. The van der Waals surface area contributed by atoms with E-state index in [1.54, 1.807) is 4.68 Å². The van der Waals surface area contributed by atoms with Gasteiger partial charge in [0.25, 0.3) is 0 Å². The van der Waals surface area contributed by atoms with Gasteiger partial charge in [-0.05, 0) is 32.3 Å². The van der Waals surface area contributed by atoms with Crippen molar-refractivity contribution < 1.29 is 9.18 Å². The molecule has 2 rings (SSSR count). The van der Waals surface area contributed by atoms with Gasteiger partial charge in [0.2, 0.25) is 5.78 Å². The molecule has 0 saturated carbocycles. The van der Waals surface area contributed by atoms with Gasteiger partial charge in [-0.25, -0.2) is 4.39 Å². The van der Waals surface area contributed by atoms with Crippen LogP contribution in [0.2, 0.25) is 10.0 Å². The first-order valence-electron chi connectivity index (χ1n) is 6.26. The van der Waals surface area contributed by atoms with E-state index in [-0.39, 0.29) is 27.1 Å². The van der Waals surface area contributed by atoms with Gasteiger partial charge in [0.1, 0.15) is 11.5 Å². The SMILES string of the molecule is CN(C)CCn1ncc(Cl)c1C(=O)c1ccc(F)c(Cl)c1. The van der Waals surface area contributed by atoms with E-state index in [0.717, 1.165) is 6.07 Å². The summed E-state index contributed by atoms with van der Waals surface area (Å²) in [4.78, 5) is 14.5. The molecule has 21 heavy (non-hydrogen) atoms. The number of hydrogen-bond donors (Lipinski definition) is 0. The number of rotatable bonds is 5. The van der Waals surface area contributed by atoms with E-state index >= 15 is 0 Å². The van der Waals surface area contributed by atoms with Gasteiger partial charge in [-0.15, -0.1) is 0 Å². The number of carbonyl (C=O) groups excluding carboxylic acids is 1. The molecule has 0 saturated heterocycles. The Balaban J connectivity index is 2.34. The predicted molar refractivity (Wildman–Crippen MR) is 80.6 cm³/mol. The Hall–Kier alpha value is -1.43. The van der Waals surface area contributed by atoms with Crippen molar-refractivity contribution in [2.24, 2.45) is 0 Å². The van der Waals surface area contributed by atoms with Crippen LogP contribution in [0, 0.1) is 5.82 Å². The quantitative estimate of drug-likeness (QED) is 0.791. The molecule has 0 spiro atoms. The van der Waals surface area contributed by atoms with Crippen LogP contribution in [0.1, 0.15) is 16.1 Å². The van der Waals surface area contributed by atoms with Gasteiger partial charge in [0.15, 0.2) is 0 Å². The second kappa shape index (κ2) is 6.56. The second-order valence-electron chi connectivity index (χ2n) is 4.83. The van der Waals surface area contributed by atoms with Crippen molar-refractivity contribution >= 4 is 29.0 Å². The first kappa shape index (κ1) is 15.9. The highest BCUT2D eigenvalue weighted by molar-refractivity contribution is 6.35. The summed E-state index contributed by atoms with van der Waals surface area (Å²) in [5.74, 6) is -0.904. The number of halogens is 3. The van der Waals surface area contributed by atoms with Crippen LogP contribution < -0.4 is 0 Å². The number of benzene rings is 1. The topological polar surface area (TPSA) is 38.1 Å². The highest BCUT2D eigenvalue weighted by Crippen LogP contribution is 2.22. The molecule has 1 aromatic carbocycles. The molecule has 0 N–H and O–H groups in total. The number of ketones is 1. The molecule has 0 radical (unpaired) electrons. The molecule has 0 amide bonds. The number of aromatic nitrogens is 2. The summed E-state index contributed by atoms with van der Waals surface area (Å²) in [6.45, 7) is 1.23. The maximum atomic E-state index is 13.2. The van der Waals surface area contributed by atoms with E-state index in [1.165, 1.54) is 18.3 Å². The van der Waals surface area contributed by atoms with Crippen LogP contribution in [0.5, 0.6) is 0 Å². The molecule has 0 bridgehead atoms. The van der Waals surface area contributed by atoms with Crippen LogP contribution in [0.3, 0.4) is 0 Å². The average molecular weight is 330 g/mol. The first-order chi connectivity index (χ1) is 9.90. The molecule has 0 fully saturated rings. The molecule has 1 aromatic heterocycles. The van der Waals surface area contributed by atoms with Crippen molar-refractivity contribution in [2.75, 3.05) is 20.6 Å². The molecule has 0 atom stereocenters. The standard InChI is InChI=1S/C14H14Cl2FN3O/c1-19(2)5-6-20-13(11(16)8-18-20)14(21)9-3-4-12(17)10(15)7-9/h3-4,7-8H,5-6H2,1-2H3. The largest absolute Gasteiger partial charge is 0.308 e. The van der Waals surface area contributed by atoms with Crippen molar-refractivity contribution in [2.45, 2.75) is 6.54 Å². The Morgan fingerprint density at radius 3 is 2.67 bits per heavy atom. The molecular weight excluding hydrogens is 316 g/mol. The van der Waals surface area contributed by atoms with Crippen LogP contribution >= 0.6 is 23.2 Å². The summed E-state index contributed by atoms with van der Waals surface area (Å²) in [5.41, 5.74) is 0.552. The lowest BCUT2D eigenvalue weighted by molar-refractivity contribution is 0.102. The van der Waals surface area contributed by atoms with Crippen LogP contribution in [0.15, 0.2) is 24.4 Å². The summed E-state index contributed by atoms with van der Waals surface area (Å²) in [7, 11) is 3.85. The van der Waals surface area contributed by atoms with Crippen molar-refractivity contribution in [1.82, 2.24) is 14.7 Å². The second-order valence-corrected chi connectivity index (χ2v) is 5.64. The molecule has 7 heteroatoms. The molecule has 0 aliphatic rings. The smallest absolute Gasteiger partial charge is 0.212 e. The van der Waals surface area contributed by atoms with Gasteiger partial charge >= 0.3 is 0 Å². The maximum Gasteiger partial charge on any atom is 0.212 e. The molecule has 0 aliphatic heterocycles. The predicted octanol–water partition coefficient (Wildman–Crippen LogP) is 3.12. The van der Waals surface area contributed by atoms with Crippen LogP contribution in [-0.4, -0.2) is 41.1 Å². The molecule has 4 nitrogen and oxygen atoms in total. The van der Waals surface area contributed by atoms with Crippen LogP contribution in [0.4, 0.5) is 4.39 Å². The third kappa shape index (κ3) is 3.61. The maximum absolute atomic E-state index is 13.2. The highest BCUT2D eigenvalue weighted by Gasteiger charge is 2.20. The average Bonchev–Trinajstić information content (AvgIpc) is 2.80. The minimum absolute atomic E-state index is 0.101. The van der Waals surface area contributed by atoms with Gasteiger partial charge in [-0.1, -0.05) is 23.2 Å². The molecule has 0 aliphatic carbocycles. The van der Waals surface area contributed by atoms with E-state index in [2.05, 4.69) is 5.10 Å². The summed E-state index contributed by atoms with van der Waals surface area (Å²) < 4.78 is 14.7. The Morgan fingerprint density at radius 2 is 2.05 bits per heavy atom. The lowest BCUT2D eigenvalue weighted by Gasteiger charge is -2.12. The van der Waals surface area contributed by atoms with Gasteiger partial charge in [0.05, 0.1) is 22.8 Å². The Kier molecular flexibility index (Phi) is 4.98. The lowest BCUT2D eigenvalue weighted by atomic mass is 10.1. The lowest BCUT2D eigenvalue weighted by Crippen LogP contribution is -2.21. The number of likely N-dealkylation sites (N-methyl/N-ethyl adjacent to an activating group) is 1. The summed E-state index contributed by atoms with van der Waals surface area (Å²) in [5, 5.41) is 4.27. The number of hydrogen-bond acceptors (Lipinski definition) is 3. The fourth-order valence-corrected chi connectivity index (χ4v) is 2.23. The van der Waals surface area contributed by atoms with E-state index in [9.17, 15) is 9.18 Å². The Labute approximate surface area is 132 Å². The fraction of sp³-hybridized carbons (Fsp3) is 0.286. The van der Waals surface area contributed by atoms with Crippen molar-refractivity contribution in [3.63, 3.8) is 0 Å². The first-order valence-corrected chi connectivity index (χ1v) is 7.01. The Morgan fingerprint density at radius 1 is 1.33 bits per heavy atom. The van der Waals surface area contributed by atoms with Gasteiger partial charge in [-0.3, -0.25) is 9.48 Å². The molecule has 0 unspecified atom stereocenters. The highest BCUT2D eigenvalue weighted by atomic mass is 35.5. The third-order valence-electron chi connectivity index (χ3n) is 2.95. The number of carbonyl (C=O) groups is 1. The number of nitrogens with zero attached hydrogens (tertiary/aromatic N) is 3. The summed E-state index contributed by atoms with van der Waals surface area (Å²) in [6.07, 6.45) is 1.43. The van der Waals surface area contributed by atoms with Crippen LogP contribution in [-0.2, 0) is 6.54 Å². The van der Waals surface area contributed by atoms with Crippen molar-refractivity contribution in [3.8, 4) is 0 Å². The van der Waals surface area contributed by atoms with Crippen LogP contribution in [0.25, 0.3) is 0 Å². The zero-order chi connectivity index (χ0) is 15.6. The molecule has 112 valence electrons. The monoisotopic (exact) mass is 329 g/mol. The van der Waals surface area contributed by atoms with Crippen molar-refractivity contribution in [1.29, 1.82) is 0 Å². The van der Waals surface area contributed by atoms with E-state index in [4.69, 9.17) is 23.2 Å². The zero-order valence-electron chi connectivity index (χ0n) is 11.6. The van der Waals surface area contributed by atoms with E-state index in [1.807, 2.05) is 19.0 Å². The zero-order valence-corrected chi connectivity index (χ0v) is 13.1. The van der Waals surface area contributed by atoms with E-state index < -0.39 is 5.82 Å². The Bertz CT molecular complexity index is 670. The molecule has 2 aromatic rings. The van der Waals surface area contributed by atoms with Crippen molar-refractivity contribution in [3.05, 3.63) is 51.5 Å². The van der Waals surface area contributed by atoms with E-state index in [0.29, 0.717) is 13.1 Å². The molecular formula is C14H14Cl2FN3O. The van der Waals surface area contributed by atoms with Gasteiger partial charge in [-0.2, -0.15) is 5.10 Å². The molecule has 1 heterocycles. The normalized spacial score (nSPS) is 11.1. The van der Waals surface area contributed by atoms with Gasteiger partial charge < -0.3 is 4.90 Å². The third-order valence-corrected chi connectivity index (χ3v) is 3.52. The minimum Gasteiger partial charge on any atom is -0.308 e. The van der Waals surface area contributed by atoms with Gasteiger partial charge in [0, 0.05) is 12.1 Å². The summed E-state index contributed by atoms with van der Waals surface area (Å²) >= 11 is 11.8. The fourth-order valence-electron chi connectivity index (χ4n) is 1.83. The summed E-state index contributed by atoms with van der Waals surface area (Å²) in [6, 6.07) is 3.83.